The van der Waals surface area contributed by atoms with Crippen molar-refractivity contribution in [2.45, 2.75) is 142 Å². The summed E-state index contributed by atoms with van der Waals surface area (Å²) in [5, 5.41) is 0. The Bertz CT molecular complexity index is 1680. The fourth-order valence-corrected chi connectivity index (χ4v) is 28.4. The van der Waals surface area contributed by atoms with Gasteiger partial charge >= 0.3 is 421 Å². The van der Waals surface area contributed by atoms with Gasteiger partial charge in [-0.1, -0.05) is 0 Å². The number of phosphoric acid groups is 1. The Labute approximate surface area is 443 Å². The topological polar surface area (TPSA) is 96.0 Å². The van der Waals surface area contributed by atoms with Crippen LogP contribution in [0.15, 0.2) is 72.8 Å². The van der Waals surface area contributed by atoms with E-state index in [2.05, 4.69) is 234 Å². The zero-order chi connectivity index (χ0) is 51.6. The van der Waals surface area contributed by atoms with Crippen molar-refractivity contribution in [2.75, 3.05) is 57.0 Å². The van der Waals surface area contributed by atoms with Crippen LogP contribution in [0.2, 0.25) is 23.3 Å². The summed E-state index contributed by atoms with van der Waals surface area (Å²) in [6.45, 7) is 33.9. The van der Waals surface area contributed by atoms with Gasteiger partial charge in [0.2, 0.25) is 0 Å². The molecule has 17 heteroatoms. The number of nitrogens with zero attached hydrogens (tertiary/aromatic N) is 3. The summed E-state index contributed by atoms with van der Waals surface area (Å²) in [4.78, 5) is 30.9. The monoisotopic (exact) mass is 1320 g/mol. The van der Waals surface area contributed by atoms with Gasteiger partial charge in [-0.05, 0) is 0 Å². The molecule has 0 bridgehead atoms. The maximum absolute atomic E-state index is 8.55. The van der Waals surface area contributed by atoms with Crippen molar-refractivity contribution in [1.82, 2.24) is 0 Å². The number of halogens is 6. The van der Waals surface area contributed by atoms with Crippen molar-refractivity contribution in [3.63, 3.8) is 0 Å². The van der Waals surface area contributed by atoms with Crippen molar-refractivity contribution in [1.29, 1.82) is 0 Å². The van der Waals surface area contributed by atoms with E-state index in [0.29, 0.717) is 0 Å². The second-order valence-corrected chi connectivity index (χ2v) is 42.8. The summed E-state index contributed by atoms with van der Waals surface area (Å²) < 4.78 is 13.2. The average molecular weight is 1320 g/mol. The van der Waals surface area contributed by atoms with Gasteiger partial charge in [0.05, 0.1) is 0 Å². The largest absolute Gasteiger partial charge is 0.822 e. The summed E-state index contributed by atoms with van der Waals surface area (Å²) >= 11 is 34.4. The fourth-order valence-electron chi connectivity index (χ4n) is 6.07. The molecule has 0 saturated heterocycles. The quantitative estimate of drug-likeness (QED) is 0.101. The molecule has 3 aromatic carbocycles. The van der Waals surface area contributed by atoms with Crippen LogP contribution < -0.4 is 41.5 Å². The Kier molecular flexibility index (Phi) is 26.9. The second-order valence-electron chi connectivity index (χ2n) is 19.4. The first-order valence-electron chi connectivity index (χ1n) is 20.6. The molecule has 0 heterocycles. The summed E-state index contributed by atoms with van der Waals surface area (Å²) in [6, 6.07) is 26.6. The van der Waals surface area contributed by atoms with Crippen molar-refractivity contribution in [3.8, 4) is 0 Å². The van der Waals surface area contributed by atoms with Crippen LogP contribution in [0.5, 0.6) is 0 Å². The predicted molar refractivity (Wildman–Crippen MR) is 277 cm³/mol. The van der Waals surface area contributed by atoms with E-state index in [9.17, 15) is 0 Å². The molecule has 3 aromatic rings. The van der Waals surface area contributed by atoms with Crippen molar-refractivity contribution >= 4 is 107 Å². The van der Waals surface area contributed by atoms with Crippen LogP contribution >= 0.6 is 77.4 Å². The molecule has 0 aliphatic carbocycles. The first-order valence-corrected chi connectivity index (χ1v) is 31.7. The van der Waals surface area contributed by atoms with Gasteiger partial charge in [-0.15, -0.1) is 0 Å². The minimum absolute atomic E-state index is 0.0768. The van der Waals surface area contributed by atoms with Gasteiger partial charge in [0, 0.05) is 0 Å². The van der Waals surface area contributed by atoms with Gasteiger partial charge < -0.3 is 19.2 Å². The molecule has 65 heavy (non-hydrogen) atoms. The molecule has 386 valence electrons. The van der Waals surface area contributed by atoms with Gasteiger partial charge in [-0.25, -0.2) is 0 Å². The van der Waals surface area contributed by atoms with Gasteiger partial charge in [-0.2, -0.15) is 7.82 Å². The summed E-state index contributed by atoms with van der Waals surface area (Å²) in [5.41, 5.74) is 3.66. The third kappa shape index (κ3) is 21.6. The van der Waals surface area contributed by atoms with Gasteiger partial charge in [0.15, 0.2) is 0 Å². The van der Waals surface area contributed by atoms with Crippen LogP contribution in [-0.4, -0.2) is 56.8 Å². The molecular weight excluding hydrogens is 1250 g/mol. The van der Waals surface area contributed by atoms with Crippen LogP contribution in [-0.2, 0) is 54.8 Å². The number of anilines is 3. The third-order valence-electron chi connectivity index (χ3n) is 8.68. The Hall–Kier alpha value is 0.897. The van der Waals surface area contributed by atoms with E-state index in [0.717, 1.165) is 0 Å². The molecule has 0 spiro atoms. The number of benzene rings is 3. The van der Waals surface area contributed by atoms with Crippen molar-refractivity contribution in [3.05, 3.63) is 72.8 Å². The summed E-state index contributed by atoms with van der Waals surface area (Å²) in [6.07, 6.45) is 0. The SMILES string of the molecule is CN(C)c1cc[c]([Pd+]([C](C)(C)C)[C](C)(C)C(Cl)Cl)cc1.CN(C)c1cc[c]([Pd+]([C](C)(C)C)[C](C)(C)C(Cl)Cl)cc1.CN(C)c1cc[c]([Pd+]([C](C)(C)C)[C](C)(C)C(Cl)Cl)cc1.O=P([O-])([O-])[O-]. The standard InChI is InChI=1S/3C8H10N.3C4H7Cl2.3C4H9.H3O4P.3Pd/c3*1-9(2)8-6-4-3-5-7-8;3*1-3(2)4(5)6;3*1-4(2)3;1-5(2,3)4;;;/h3*4-7H,1-2H3;3*4H,1-2H3;3*1-3H3;(H3,1,2,3,4);;;/q;;;;;;;;;;3*+1/p-3. The molecule has 0 amide bonds. The fraction of sp³-hybridized carbons (Fsp3) is 0.625. The Morgan fingerprint density at radius 1 is 0.385 bits per heavy atom. The second kappa shape index (κ2) is 26.6. The Morgan fingerprint density at radius 3 is 0.615 bits per heavy atom. The summed E-state index contributed by atoms with van der Waals surface area (Å²) in [5.74, 6) is 0. The first-order chi connectivity index (χ1) is 28.9. The Morgan fingerprint density at radius 2 is 0.523 bits per heavy atom. The molecule has 0 aromatic heterocycles. The predicted octanol–water partition coefficient (Wildman–Crippen LogP) is 12.8. The van der Waals surface area contributed by atoms with Crippen molar-refractivity contribution < 1.29 is 69.5 Å². The minimum Gasteiger partial charge on any atom is -0.822 e. The van der Waals surface area contributed by atoms with Gasteiger partial charge in [0.1, 0.15) is 0 Å². The first kappa shape index (κ1) is 65.9. The third-order valence-corrected chi connectivity index (χ3v) is 32.0. The van der Waals surface area contributed by atoms with Crippen LogP contribution in [0.4, 0.5) is 17.1 Å². The van der Waals surface area contributed by atoms with Gasteiger partial charge in [-0.3, -0.25) is 0 Å². The number of alkyl halides is 6. The van der Waals surface area contributed by atoms with E-state index < -0.39 is 58.1 Å². The maximum Gasteiger partial charge on any atom is -0.159 e. The number of hydrogen-bond acceptors (Lipinski definition) is 7. The molecule has 0 atom stereocenters. The maximum atomic E-state index is 8.55. The minimum atomic E-state index is -5.39. The molecule has 0 fully saturated rings. The molecule has 0 N–H and O–H groups in total. The van der Waals surface area contributed by atoms with Gasteiger partial charge in [0.25, 0.3) is 0 Å². The molecule has 0 unspecified atom stereocenters. The van der Waals surface area contributed by atoms with E-state index in [4.69, 9.17) is 88.9 Å². The van der Waals surface area contributed by atoms with Crippen LogP contribution in [0, 0.1) is 0 Å². The Balaban J connectivity index is 0.000000896. The molecule has 0 aliphatic rings. The molecule has 7 nitrogen and oxygen atoms in total. The average Bonchev–Trinajstić information content (AvgIpc) is 3.10. The molecule has 0 radical (unpaired) electrons. The number of rotatable bonds is 12. The van der Waals surface area contributed by atoms with Crippen LogP contribution in [0.25, 0.3) is 0 Å². The van der Waals surface area contributed by atoms with E-state index in [1.165, 1.54) is 29.2 Å². The smallest absolute Gasteiger partial charge is 0.159 e. The van der Waals surface area contributed by atoms with Crippen LogP contribution in [0.3, 0.4) is 0 Å². The van der Waals surface area contributed by atoms with E-state index in [-0.39, 0.29) is 37.8 Å². The van der Waals surface area contributed by atoms with E-state index in [1.54, 1.807) is 0 Å². The summed E-state index contributed by atoms with van der Waals surface area (Å²) in [7, 11) is 6.96. The van der Waals surface area contributed by atoms with E-state index >= 15 is 0 Å². The zero-order valence-corrected chi connectivity index (χ0v) is 52.4. The number of hydrogen-bond donors (Lipinski definition) is 0. The van der Waals surface area contributed by atoms with Crippen molar-refractivity contribution in [2.24, 2.45) is 0 Å². The normalized spacial score (nSPS) is 13.5. The molecular formula is C48H78Cl6N3O4PPd3. The van der Waals surface area contributed by atoms with Crippen LogP contribution in [0.1, 0.15) is 104 Å². The molecule has 3 rings (SSSR count). The van der Waals surface area contributed by atoms with E-state index in [1.807, 2.05) is 0 Å². The molecule has 0 aliphatic heterocycles. The molecule has 0 saturated carbocycles. The zero-order valence-electron chi connectivity index (χ0n) is 42.3.